The van der Waals surface area contributed by atoms with E-state index in [2.05, 4.69) is 31.1 Å². The van der Waals surface area contributed by atoms with Gasteiger partial charge in [-0.05, 0) is 30.5 Å². The Morgan fingerprint density at radius 3 is 2.27 bits per heavy atom. The Morgan fingerprint density at radius 2 is 1.77 bits per heavy atom. The van der Waals surface area contributed by atoms with Gasteiger partial charge in [-0.1, -0.05) is 32.0 Å². The van der Waals surface area contributed by atoms with E-state index < -0.39 is 0 Å². The highest BCUT2D eigenvalue weighted by Gasteiger charge is 2.20. The van der Waals surface area contributed by atoms with E-state index in [1.165, 1.54) is 0 Å². The monoisotopic (exact) mass is 299 g/mol. The predicted molar refractivity (Wildman–Crippen MR) is 86.5 cm³/mol. The van der Waals surface area contributed by atoms with Crippen LogP contribution in [-0.2, 0) is 0 Å². The first kappa shape index (κ1) is 16.1. The summed E-state index contributed by atoms with van der Waals surface area (Å²) < 4.78 is 0. The van der Waals surface area contributed by atoms with Gasteiger partial charge in [0.1, 0.15) is 0 Å². The number of rotatable bonds is 6. The summed E-state index contributed by atoms with van der Waals surface area (Å²) in [6, 6.07) is 12.8. The molecular weight excluding hydrogens is 278 g/mol. The molecule has 5 nitrogen and oxygen atoms in total. The number of nitro groups is 1. The Balaban J connectivity index is 2.14. The van der Waals surface area contributed by atoms with Crippen molar-refractivity contribution in [2.75, 3.05) is 0 Å². The average Bonchev–Trinajstić information content (AvgIpc) is 2.53. The lowest BCUT2D eigenvalue weighted by Gasteiger charge is -2.26. The molecule has 0 aliphatic heterocycles. The summed E-state index contributed by atoms with van der Waals surface area (Å²) in [6.07, 6.45) is 1.79. The third kappa shape index (κ3) is 3.89. The molecule has 2 atom stereocenters. The van der Waals surface area contributed by atoms with Crippen LogP contribution in [0.25, 0.3) is 0 Å². The van der Waals surface area contributed by atoms with Gasteiger partial charge in [0, 0.05) is 24.4 Å². The molecule has 22 heavy (non-hydrogen) atoms. The first-order valence-electron chi connectivity index (χ1n) is 7.40. The first-order valence-corrected chi connectivity index (χ1v) is 7.40. The summed E-state index contributed by atoms with van der Waals surface area (Å²) in [5.74, 6) is 0.385. The SMILES string of the molecule is CC(C)[C@H](N[C@@H](C)c1ccc([N+](=O)[O-])cc1)c1ccccn1. The van der Waals surface area contributed by atoms with Crippen LogP contribution in [0.2, 0.25) is 0 Å². The van der Waals surface area contributed by atoms with E-state index in [9.17, 15) is 10.1 Å². The smallest absolute Gasteiger partial charge is 0.269 e. The van der Waals surface area contributed by atoms with E-state index >= 15 is 0 Å². The van der Waals surface area contributed by atoms with Gasteiger partial charge in [0.05, 0.1) is 16.7 Å². The summed E-state index contributed by atoms with van der Waals surface area (Å²) in [5.41, 5.74) is 2.14. The number of benzene rings is 1. The van der Waals surface area contributed by atoms with Crippen LogP contribution in [0, 0.1) is 16.0 Å². The zero-order chi connectivity index (χ0) is 16.1. The second kappa shape index (κ2) is 7.13. The maximum absolute atomic E-state index is 10.7. The number of hydrogen-bond acceptors (Lipinski definition) is 4. The molecule has 1 N–H and O–H groups in total. The van der Waals surface area contributed by atoms with E-state index in [0.29, 0.717) is 5.92 Å². The average molecular weight is 299 g/mol. The fourth-order valence-electron chi connectivity index (χ4n) is 2.43. The molecule has 0 spiro atoms. The minimum Gasteiger partial charge on any atom is -0.302 e. The molecule has 0 amide bonds. The molecule has 0 aliphatic carbocycles. The lowest BCUT2D eigenvalue weighted by atomic mass is 9.98. The molecule has 0 fully saturated rings. The highest BCUT2D eigenvalue weighted by molar-refractivity contribution is 5.34. The van der Waals surface area contributed by atoms with E-state index in [4.69, 9.17) is 0 Å². The number of pyridine rings is 1. The normalized spacial score (nSPS) is 13.8. The van der Waals surface area contributed by atoms with Gasteiger partial charge in [0.15, 0.2) is 0 Å². The lowest BCUT2D eigenvalue weighted by molar-refractivity contribution is -0.384. The number of nitro benzene ring substituents is 1. The van der Waals surface area contributed by atoms with Crippen molar-refractivity contribution in [2.24, 2.45) is 5.92 Å². The van der Waals surface area contributed by atoms with Crippen molar-refractivity contribution in [3.05, 3.63) is 70.0 Å². The standard InChI is InChI=1S/C17H21N3O2/c1-12(2)17(16-6-4-5-11-18-16)19-13(3)14-7-9-15(10-8-14)20(21)22/h4-13,17,19H,1-3H3/t13-,17-/m0/s1. The first-order chi connectivity index (χ1) is 10.5. The molecule has 0 radical (unpaired) electrons. The van der Waals surface area contributed by atoms with Gasteiger partial charge in [-0.3, -0.25) is 15.1 Å². The van der Waals surface area contributed by atoms with Crippen LogP contribution in [0.1, 0.15) is 44.1 Å². The van der Waals surface area contributed by atoms with Gasteiger partial charge in [-0.2, -0.15) is 0 Å². The number of nitrogens with zero attached hydrogens (tertiary/aromatic N) is 2. The maximum atomic E-state index is 10.7. The topological polar surface area (TPSA) is 68.1 Å². The molecule has 2 aromatic rings. The van der Waals surface area contributed by atoms with E-state index in [1.807, 2.05) is 18.2 Å². The van der Waals surface area contributed by atoms with E-state index in [-0.39, 0.29) is 22.7 Å². The summed E-state index contributed by atoms with van der Waals surface area (Å²) >= 11 is 0. The van der Waals surface area contributed by atoms with Crippen LogP contribution < -0.4 is 5.32 Å². The molecule has 0 saturated carbocycles. The predicted octanol–water partition coefficient (Wildman–Crippen LogP) is 4.04. The van der Waals surface area contributed by atoms with Crippen LogP contribution in [0.4, 0.5) is 5.69 Å². The lowest BCUT2D eigenvalue weighted by Crippen LogP contribution is -2.29. The molecule has 1 aromatic carbocycles. The van der Waals surface area contributed by atoms with E-state index in [0.717, 1.165) is 11.3 Å². The van der Waals surface area contributed by atoms with E-state index in [1.54, 1.807) is 30.5 Å². The molecular formula is C17H21N3O2. The third-order valence-corrected chi connectivity index (χ3v) is 3.71. The van der Waals surface area contributed by atoms with Crippen LogP contribution in [-0.4, -0.2) is 9.91 Å². The Kier molecular flexibility index (Phi) is 5.22. The highest BCUT2D eigenvalue weighted by atomic mass is 16.6. The largest absolute Gasteiger partial charge is 0.302 e. The van der Waals surface area contributed by atoms with Crippen molar-refractivity contribution in [2.45, 2.75) is 32.9 Å². The minimum atomic E-state index is -0.382. The van der Waals surface area contributed by atoms with Gasteiger partial charge < -0.3 is 5.32 Å². The van der Waals surface area contributed by atoms with Crippen molar-refractivity contribution in [1.82, 2.24) is 10.3 Å². The fraction of sp³-hybridized carbons (Fsp3) is 0.353. The number of aromatic nitrogens is 1. The van der Waals surface area contributed by atoms with Gasteiger partial charge in [0.25, 0.3) is 5.69 Å². The van der Waals surface area contributed by atoms with Crippen LogP contribution >= 0.6 is 0 Å². The van der Waals surface area contributed by atoms with Gasteiger partial charge in [-0.25, -0.2) is 0 Å². The van der Waals surface area contributed by atoms with Crippen molar-refractivity contribution < 1.29 is 4.92 Å². The molecule has 0 bridgehead atoms. The molecule has 2 rings (SSSR count). The minimum absolute atomic E-state index is 0.0789. The molecule has 1 aromatic heterocycles. The molecule has 5 heteroatoms. The van der Waals surface area contributed by atoms with Crippen LogP contribution in [0.15, 0.2) is 48.7 Å². The molecule has 0 aliphatic rings. The zero-order valence-corrected chi connectivity index (χ0v) is 13.1. The molecule has 116 valence electrons. The second-order valence-electron chi connectivity index (χ2n) is 5.71. The van der Waals surface area contributed by atoms with Crippen LogP contribution in [0.5, 0.6) is 0 Å². The Morgan fingerprint density at radius 1 is 1.09 bits per heavy atom. The summed E-state index contributed by atoms with van der Waals surface area (Å²) in [6.45, 7) is 6.35. The molecule has 1 heterocycles. The third-order valence-electron chi connectivity index (χ3n) is 3.71. The summed E-state index contributed by atoms with van der Waals surface area (Å²) in [5, 5.41) is 14.3. The molecule has 0 saturated heterocycles. The van der Waals surface area contributed by atoms with Crippen LogP contribution in [0.3, 0.4) is 0 Å². The number of non-ortho nitro benzene ring substituents is 1. The van der Waals surface area contributed by atoms with Gasteiger partial charge in [-0.15, -0.1) is 0 Å². The number of nitrogens with one attached hydrogen (secondary N) is 1. The zero-order valence-electron chi connectivity index (χ0n) is 13.1. The van der Waals surface area contributed by atoms with Crippen molar-refractivity contribution in [1.29, 1.82) is 0 Å². The van der Waals surface area contributed by atoms with Crippen molar-refractivity contribution in [3.8, 4) is 0 Å². The highest BCUT2D eigenvalue weighted by Crippen LogP contribution is 2.25. The Bertz CT molecular complexity index is 612. The van der Waals surface area contributed by atoms with Gasteiger partial charge >= 0.3 is 0 Å². The number of hydrogen-bond donors (Lipinski definition) is 1. The molecule has 0 unspecified atom stereocenters. The summed E-state index contributed by atoms with van der Waals surface area (Å²) in [7, 11) is 0. The Labute approximate surface area is 130 Å². The Hall–Kier alpha value is -2.27. The second-order valence-corrected chi connectivity index (χ2v) is 5.71. The summed E-state index contributed by atoms with van der Waals surface area (Å²) in [4.78, 5) is 14.8. The van der Waals surface area contributed by atoms with Crippen molar-refractivity contribution in [3.63, 3.8) is 0 Å². The maximum Gasteiger partial charge on any atom is 0.269 e. The fourth-order valence-corrected chi connectivity index (χ4v) is 2.43. The quantitative estimate of drug-likeness (QED) is 0.645. The van der Waals surface area contributed by atoms with Crippen molar-refractivity contribution >= 4 is 5.69 Å². The van der Waals surface area contributed by atoms with Gasteiger partial charge in [0.2, 0.25) is 0 Å².